The predicted molar refractivity (Wildman–Crippen MR) is 123 cm³/mol. The molecule has 0 unspecified atom stereocenters. The van der Waals surface area contributed by atoms with E-state index in [1.807, 2.05) is 25.7 Å². The number of hydrogen-bond acceptors (Lipinski definition) is 7. The molecular formula is C23H27N5O2. The van der Waals surface area contributed by atoms with Gasteiger partial charge in [0.15, 0.2) is 11.5 Å². The molecule has 0 aromatic heterocycles. The standard InChI is InChI=1S/C23H27N5O2/c1-27-13-17(12-26-14-27)15-4-5-20-16(8-15)6-7-28(20)21(11-24)18-9-22(29-2)23(30-3)10-19(18)25/h4-5,8-12,14H,6-7,13,24-25H2,1-3H3/b21-11+. The van der Waals surface area contributed by atoms with Crippen molar-refractivity contribution < 1.29 is 9.47 Å². The van der Waals surface area contributed by atoms with E-state index in [1.54, 1.807) is 26.5 Å². The lowest BCUT2D eigenvalue weighted by atomic mass is 10.0. The minimum absolute atomic E-state index is 0.586. The number of rotatable bonds is 5. The van der Waals surface area contributed by atoms with Gasteiger partial charge in [-0.15, -0.1) is 0 Å². The molecule has 2 aromatic carbocycles. The molecule has 2 aliphatic heterocycles. The largest absolute Gasteiger partial charge is 0.493 e. The molecule has 0 bridgehead atoms. The zero-order valence-electron chi connectivity index (χ0n) is 17.6. The number of ether oxygens (including phenoxy) is 2. The van der Waals surface area contributed by atoms with Crippen molar-refractivity contribution in [2.45, 2.75) is 6.42 Å². The second-order valence-electron chi connectivity index (χ2n) is 7.43. The van der Waals surface area contributed by atoms with Crippen LogP contribution in [-0.4, -0.2) is 45.6 Å². The Balaban J connectivity index is 1.68. The van der Waals surface area contributed by atoms with E-state index in [2.05, 4.69) is 33.0 Å². The highest BCUT2D eigenvalue weighted by molar-refractivity contribution is 5.88. The van der Waals surface area contributed by atoms with E-state index in [0.717, 1.165) is 36.5 Å². The summed E-state index contributed by atoms with van der Waals surface area (Å²) in [6, 6.07) is 10.2. The van der Waals surface area contributed by atoms with E-state index < -0.39 is 0 Å². The van der Waals surface area contributed by atoms with Crippen molar-refractivity contribution in [1.29, 1.82) is 0 Å². The fraction of sp³-hybridized carbons (Fsp3) is 0.261. The molecule has 30 heavy (non-hydrogen) atoms. The van der Waals surface area contributed by atoms with Gasteiger partial charge < -0.3 is 30.7 Å². The van der Waals surface area contributed by atoms with Crippen molar-refractivity contribution in [3.8, 4) is 11.5 Å². The summed E-state index contributed by atoms with van der Waals surface area (Å²) >= 11 is 0. The first-order valence-electron chi connectivity index (χ1n) is 9.83. The first-order chi connectivity index (χ1) is 14.5. The van der Waals surface area contributed by atoms with Gasteiger partial charge in [-0.25, -0.2) is 4.99 Å². The molecule has 0 atom stereocenters. The molecule has 4 rings (SSSR count). The number of nitrogens with two attached hydrogens (primary N) is 2. The molecule has 0 spiro atoms. The van der Waals surface area contributed by atoms with Crippen LogP contribution in [0.5, 0.6) is 11.5 Å². The molecule has 4 N–H and O–H groups in total. The molecular weight excluding hydrogens is 378 g/mol. The summed E-state index contributed by atoms with van der Waals surface area (Å²) in [5.41, 5.74) is 19.5. The van der Waals surface area contributed by atoms with Crippen LogP contribution >= 0.6 is 0 Å². The van der Waals surface area contributed by atoms with E-state index in [1.165, 1.54) is 16.7 Å². The summed E-state index contributed by atoms with van der Waals surface area (Å²) < 4.78 is 10.8. The zero-order valence-corrected chi connectivity index (χ0v) is 17.6. The Morgan fingerprint density at radius 2 is 1.90 bits per heavy atom. The van der Waals surface area contributed by atoms with Gasteiger partial charge in [0.2, 0.25) is 0 Å². The number of methoxy groups -OCH3 is 2. The van der Waals surface area contributed by atoms with Crippen molar-refractivity contribution in [3.63, 3.8) is 0 Å². The number of benzene rings is 2. The van der Waals surface area contributed by atoms with Crippen LogP contribution in [0.4, 0.5) is 11.4 Å². The molecule has 0 amide bonds. The third-order valence-corrected chi connectivity index (χ3v) is 5.54. The molecule has 2 heterocycles. The maximum atomic E-state index is 6.34. The van der Waals surface area contributed by atoms with Gasteiger partial charge in [-0.3, -0.25) is 0 Å². The van der Waals surface area contributed by atoms with E-state index >= 15 is 0 Å². The van der Waals surface area contributed by atoms with Gasteiger partial charge in [0.05, 0.1) is 26.3 Å². The third kappa shape index (κ3) is 3.43. The number of nitrogen functional groups attached to an aromatic ring is 1. The first kappa shape index (κ1) is 19.7. The van der Waals surface area contributed by atoms with Crippen molar-refractivity contribution in [2.75, 3.05) is 45.0 Å². The summed E-state index contributed by atoms with van der Waals surface area (Å²) in [4.78, 5) is 8.59. The average Bonchev–Trinajstić information content (AvgIpc) is 3.18. The van der Waals surface area contributed by atoms with Gasteiger partial charge in [-0.2, -0.15) is 0 Å². The van der Waals surface area contributed by atoms with Crippen LogP contribution < -0.4 is 25.8 Å². The summed E-state index contributed by atoms with van der Waals surface area (Å²) in [5.74, 6) is 1.21. The fourth-order valence-electron chi connectivity index (χ4n) is 4.05. The van der Waals surface area contributed by atoms with Gasteiger partial charge in [0, 0.05) is 55.5 Å². The maximum Gasteiger partial charge on any atom is 0.162 e. The minimum atomic E-state index is 0.586. The number of hydrogen-bond donors (Lipinski definition) is 2. The molecule has 2 aromatic rings. The van der Waals surface area contributed by atoms with Gasteiger partial charge in [0.1, 0.15) is 0 Å². The third-order valence-electron chi connectivity index (χ3n) is 5.54. The van der Waals surface area contributed by atoms with E-state index in [-0.39, 0.29) is 0 Å². The Kier molecular flexibility index (Phi) is 5.27. The summed E-state index contributed by atoms with van der Waals surface area (Å²) in [5, 5.41) is 0. The van der Waals surface area contributed by atoms with Crippen LogP contribution in [-0.2, 0) is 6.42 Å². The topological polar surface area (TPSA) is 89.3 Å². The fourth-order valence-corrected chi connectivity index (χ4v) is 4.05. The van der Waals surface area contributed by atoms with Gasteiger partial charge in [-0.1, -0.05) is 6.07 Å². The normalized spacial score (nSPS) is 15.8. The molecule has 0 radical (unpaired) electrons. The van der Waals surface area contributed by atoms with Crippen LogP contribution in [0.3, 0.4) is 0 Å². The average molecular weight is 406 g/mol. The van der Waals surface area contributed by atoms with Crippen LogP contribution in [0, 0.1) is 0 Å². The SMILES string of the molecule is COc1cc(N)c(/C(=C\N)N2CCc3cc(C4=CN=CN(C)C4)ccc32)cc1OC. The summed E-state index contributed by atoms with van der Waals surface area (Å²) in [7, 11) is 5.23. The highest BCUT2D eigenvalue weighted by Gasteiger charge is 2.25. The smallest absolute Gasteiger partial charge is 0.162 e. The summed E-state index contributed by atoms with van der Waals surface area (Å²) in [6.07, 6.45) is 6.31. The Bertz CT molecular complexity index is 1060. The molecule has 2 aliphatic rings. The van der Waals surface area contributed by atoms with Crippen LogP contribution in [0.1, 0.15) is 16.7 Å². The van der Waals surface area contributed by atoms with Gasteiger partial charge in [-0.05, 0) is 41.3 Å². The number of anilines is 2. The number of nitrogens with zero attached hydrogens (tertiary/aromatic N) is 3. The molecule has 156 valence electrons. The lowest BCUT2D eigenvalue weighted by Gasteiger charge is -2.25. The van der Waals surface area contributed by atoms with Crippen molar-refractivity contribution >= 4 is 29.0 Å². The Morgan fingerprint density at radius 3 is 2.60 bits per heavy atom. The predicted octanol–water partition coefficient (Wildman–Crippen LogP) is 2.92. The molecule has 7 nitrogen and oxygen atoms in total. The highest BCUT2D eigenvalue weighted by atomic mass is 16.5. The monoisotopic (exact) mass is 405 g/mol. The second kappa shape index (κ2) is 8.02. The summed E-state index contributed by atoms with van der Waals surface area (Å²) in [6.45, 7) is 1.68. The van der Waals surface area contributed by atoms with E-state index in [0.29, 0.717) is 17.2 Å². The lowest BCUT2D eigenvalue weighted by molar-refractivity contribution is 0.355. The minimum Gasteiger partial charge on any atom is -0.493 e. The van der Waals surface area contributed by atoms with Gasteiger partial charge in [0.25, 0.3) is 0 Å². The highest BCUT2D eigenvalue weighted by Crippen LogP contribution is 2.40. The molecule has 0 saturated carbocycles. The zero-order chi connectivity index (χ0) is 21.3. The van der Waals surface area contributed by atoms with E-state index in [9.17, 15) is 0 Å². The Morgan fingerprint density at radius 1 is 1.13 bits per heavy atom. The van der Waals surface area contributed by atoms with Crippen molar-refractivity contribution in [3.05, 3.63) is 59.4 Å². The quantitative estimate of drug-likeness (QED) is 0.744. The first-order valence-corrected chi connectivity index (χ1v) is 9.83. The van der Waals surface area contributed by atoms with Crippen LogP contribution in [0.2, 0.25) is 0 Å². The number of likely N-dealkylation sites (N-methyl/N-ethyl adjacent to an activating group) is 1. The van der Waals surface area contributed by atoms with E-state index in [4.69, 9.17) is 20.9 Å². The second-order valence-corrected chi connectivity index (χ2v) is 7.43. The van der Waals surface area contributed by atoms with Crippen LogP contribution in [0.25, 0.3) is 11.3 Å². The Labute approximate surface area is 176 Å². The number of fused-ring (bicyclic) bond motifs is 1. The van der Waals surface area contributed by atoms with Gasteiger partial charge >= 0.3 is 0 Å². The van der Waals surface area contributed by atoms with Crippen LogP contribution in [0.15, 0.2) is 47.7 Å². The Hall–Kier alpha value is -3.61. The molecule has 7 heteroatoms. The lowest BCUT2D eigenvalue weighted by Crippen LogP contribution is -2.21. The molecule has 0 aliphatic carbocycles. The van der Waals surface area contributed by atoms with Crippen molar-refractivity contribution in [1.82, 2.24) is 4.90 Å². The molecule has 0 fully saturated rings. The van der Waals surface area contributed by atoms with Crippen molar-refractivity contribution in [2.24, 2.45) is 10.7 Å². The number of aliphatic imine (C=N–C) groups is 1. The maximum absolute atomic E-state index is 6.34. The molecule has 0 saturated heterocycles.